The van der Waals surface area contributed by atoms with Crippen LogP contribution in [-0.2, 0) is 9.59 Å². The number of hydrogen-bond donors (Lipinski definition) is 1. The largest absolute Gasteiger partial charge is 0.507 e. The first-order valence-corrected chi connectivity index (χ1v) is 11.5. The number of carbonyl (C=O) groups is 2. The number of anilines is 1. The number of furan rings is 1. The number of carbonyl (C=O) groups excluding carboxylic acids is 2. The van der Waals surface area contributed by atoms with Gasteiger partial charge >= 0.3 is 0 Å². The number of aryl methyl sites for hydroxylation is 2. The van der Waals surface area contributed by atoms with E-state index in [0.29, 0.717) is 35.1 Å². The van der Waals surface area contributed by atoms with Gasteiger partial charge in [-0.2, -0.15) is 0 Å². The second kappa shape index (κ2) is 9.27. The number of nitrogens with zero attached hydrogens (tertiary/aromatic N) is 1. The number of halogens is 1. The number of Topliss-reactive ketones (excluding diaryl/α,β-unsaturated/α-hetero) is 1. The molecule has 1 unspecified atom stereocenters. The minimum atomic E-state index is -0.899. The predicted octanol–water partition coefficient (Wildman–Crippen LogP) is 6.07. The molecule has 2 heterocycles. The maximum atomic E-state index is 13.2. The number of ketones is 1. The Kier molecular flexibility index (Phi) is 6.42. The van der Waals surface area contributed by atoms with Crippen LogP contribution in [0.15, 0.2) is 69.1 Å². The van der Waals surface area contributed by atoms with E-state index < -0.39 is 17.7 Å². The summed E-state index contributed by atoms with van der Waals surface area (Å²) in [6.07, 6.45) is 0.878. The summed E-state index contributed by atoms with van der Waals surface area (Å²) in [7, 11) is 0. The van der Waals surface area contributed by atoms with Crippen molar-refractivity contribution in [3.63, 3.8) is 0 Å². The molecule has 1 aromatic heterocycles. The first-order valence-electron chi connectivity index (χ1n) is 10.7. The van der Waals surface area contributed by atoms with Gasteiger partial charge in [0.15, 0.2) is 0 Å². The molecule has 1 aliphatic rings. The smallest absolute Gasteiger partial charge is 0.300 e. The molecule has 0 aliphatic carbocycles. The van der Waals surface area contributed by atoms with E-state index in [4.69, 9.17) is 9.15 Å². The van der Waals surface area contributed by atoms with Gasteiger partial charge < -0.3 is 14.3 Å². The molecule has 33 heavy (non-hydrogen) atoms. The molecule has 7 heteroatoms. The maximum Gasteiger partial charge on any atom is 0.300 e. The molecule has 0 bridgehead atoms. The topological polar surface area (TPSA) is 80.0 Å². The number of benzene rings is 2. The number of ether oxygens (including phenoxy) is 1. The molecular formula is C26H24BrNO5. The molecule has 0 spiro atoms. The van der Waals surface area contributed by atoms with Gasteiger partial charge in [0.05, 0.1) is 12.2 Å². The highest BCUT2D eigenvalue weighted by atomic mass is 79.9. The van der Waals surface area contributed by atoms with E-state index in [0.717, 1.165) is 16.5 Å². The van der Waals surface area contributed by atoms with E-state index in [1.54, 1.807) is 55.5 Å². The van der Waals surface area contributed by atoms with Crippen molar-refractivity contribution >= 4 is 39.1 Å². The third kappa shape index (κ3) is 4.33. The molecule has 0 saturated carbocycles. The highest BCUT2D eigenvalue weighted by Crippen LogP contribution is 2.43. The molecule has 3 aromatic rings. The van der Waals surface area contributed by atoms with E-state index in [1.807, 2.05) is 19.9 Å². The van der Waals surface area contributed by atoms with Crippen LogP contribution in [0, 0.1) is 13.8 Å². The van der Waals surface area contributed by atoms with Crippen LogP contribution in [0.1, 0.15) is 42.0 Å². The van der Waals surface area contributed by atoms with Crippen molar-refractivity contribution in [2.45, 2.75) is 33.2 Å². The molecule has 1 saturated heterocycles. The number of hydrogen-bond acceptors (Lipinski definition) is 5. The Hall–Kier alpha value is -3.32. The lowest BCUT2D eigenvalue weighted by molar-refractivity contribution is -0.132. The lowest BCUT2D eigenvalue weighted by Gasteiger charge is -2.23. The van der Waals surface area contributed by atoms with Crippen molar-refractivity contribution in [3.8, 4) is 5.75 Å². The monoisotopic (exact) mass is 509 g/mol. The van der Waals surface area contributed by atoms with Crippen LogP contribution < -0.4 is 9.64 Å². The van der Waals surface area contributed by atoms with Gasteiger partial charge in [-0.05, 0) is 74.4 Å². The zero-order chi connectivity index (χ0) is 23.7. The number of amides is 1. The van der Waals surface area contributed by atoms with Crippen molar-refractivity contribution < 1.29 is 23.8 Å². The summed E-state index contributed by atoms with van der Waals surface area (Å²) in [6, 6.07) is 14.9. The quantitative estimate of drug-likeness (QED) is 0.247. The summed E-state index contributed by atoms with van der Waals surface area (Å²) in [5, 5.41) is 11.2. The Morgan fingerprint density at radius 3 is 2.55 bits per heavy atom. The Bertz CT molecular complexity index is 1260. The third-order valence-electron chi connectivity index (χ3n) is 5.47. The first kappa shape index (κ1) is 22.9. The van der Waals surface area contributed by atoms with E-state index in [1.165, 1.54) is 4.90 Å². The number of rotatable bonds is 6. The minimum absolute atomic E-state index is 0.0176. The molecule has 2 aromatic carbocycles. The van der Waals surface area contributed by atoms with Crippen molar-refractivity contribution in [3.05, 3.63) is 87.3 Å². The SMILES string of the molecule is CCCOc1ccc(/C(O)=C2/C(=O)C(=O)N(c3cccc(Br)c3)C2c2ccc(C)o2)cc1C. The molecule has 1 atom stereocenters. The third-order valence-corrected chi connectivity index (χ3v) is 5.96. The van der Waals surface area contributed by atoms with Gasteiger partial charge in [-0.15, -0.1) is 0 Å². The first-order chi connectivity index (χ1) is 15.8. The average Bonchev–Trinajstić information content (AvgIpc) is 3.33. The summed E-state index contributed by atoms with van der Waals surface area (Å²) < 4.78 is 12.3. The van der Waals surface area contributed by atoms with Crippen molar-refractivity contribution in [2.75, 3.05) is 11.5 Å². The number of aliphatic hydroxyl groups is 1. The minimum Gasteiger partial charge on any atom is -0.507 e. The molecule has 1 aliphatic heterocycles. The lowest BCUT2D eigenvalue weighted by atomic mass is 9.98. The molecule has 1 N–H and O–H groups in total. The predicted molar refractivity (Wildman–Crippen MR) is 129 cm³/mol. The van der Waals surface area contributed by atoms with E-state index in [-0.39, 0.29) is 11.3 Å². The van der Waals surface area contributed by atoms with Gasteiger partial charge in [-0.1, -0.05) is 28.9 Å². The van der Waals surface area contributed by atoms with Gasteiger partial charge in [-0.25, -0.2) is 0 Å². The Labute approximate surface area is 200 Å². The molecule has 0 radical (unpaired) electrons. The van der Waals surface area contributed by atoms with Gasteiger partial charge in [0.1, 0.15) is 29.1 Å². The summed E-state index contributed by atoms with van der Waals surface area (Å²) in [5.74, 6) is -0.00833. The molecular weight excluding hydrogens is 486 g/mol. The van der Waals surface area contributed by atoms with E-state index in [9.17, 15) is 14.7 Å². The standard InChI is InChI=1S/C26H24BrNO5/c1-4-12-32-20-11-9-17(13-15(20)2)24(29)22-23(21-10-8-16(3)33-21)28(26(31)25(22)30)19-7-5-6-18(27)14-19/h5-11,13-14,23,29H,4,12H2,1-3H3/b24-22-. The Morgan fingerprint density at radius 2 is 1.91 bits per heavy atom. The van der Waals surface area contributed by atoms with Gasteiger partial charge in [0, 0.05) is 15.7 Å². The average molecular weight is 510 g/mol. The van der Waals surface area contributed by atoms with Crippen LogP contribution in [0.3, 0.4) is 0 Å². The van der Waals surface area contributed by atoms with Crippen molar-refractivity contribution in [1.29, 1.82) is 0 Å². The summed E-state index contributed by atoms with van der Waals surface area (Å²) in [4.78, 5) is 27.7. The van der Waals surface area contributed by atoms with Crippen molar-refractivity contribution in [2.24, 2.45) is 0 Å². The van der Waals surface area contributed by atoms with Crippen LogP contribution in [0.5, 0.6) is 5.75 Å². The second-order valence-corrected chi connectivity index (χ2v) is 8.84. The molecule has 1 amide bonds. The van der Waals surface area contributed by atoms with Crippen LogP contribution in [0.4, 0.5) is 5.69 Å². The normalized spacial score (nSPS) is 17.6. The fraction of sp³-hybridized carbons (Fsp3) is 0.231. The highest BCUT2D eigenvalue weighted by Gasteiger charge is 2.48. The Balaban J connectivity index is 1.86. The van der Waals surface area contributed by atoms with Crippen LogP contribution in [0.2, 0.25) is 0 Å². The van der Waals surface area contributed by atoms with Crippen LogP contribution >= 0.6 is 15.9 Å². The zero-order valence-corrected chi connectivity index (χ0v) is 20.2. The fourth-order valence-electron chi connectivity index (χ4n) is 3.92. The molecule has 1 fully saturated rings. The summed E-state index contributed by atoms with van der Waals surface area (Å²) >= 11 is 3.42. The van der Waals surface area contributed by atoms with Crippen molar-refractivity contribution in [1.82, 2.24) is 0 Å². The van der Waals surface area contributed by atoms with E-state index >= 15 is 0 Å². The van der Waals surface area contributed by atoms with Crippen LogP contribution in [0.25, 0.3) is 5.76 Å². The van der Waals surface area contributed by atoms with E-state index in [2.05, 4.69) is 15.9 Å². The van der Waals surface area contributed by atoms with Gasteiger partial charge in [0.2, 0.25) is 0 Å². The molecule has 4 rings (SSSR count). The van der Waals surface area contributed by atoms with Gasteiger partial charge in [-0.3, -0.25) is 14.5 Å². The highest BCUT2D eigenvalue weighted by molar-refractivity contribution is 9.10. The molecule has 170 valence electrons. The second-order valence-electron chi connectivity index (χ2n) is 7.93. The number of aliphatic hydroxyl groups excluding tert-OH is 1. The maximum absolute atomic E-state index is 13.2. The van der Waals surface area contributed by atoms with Gasteiger partial charge in [0.25, 0.3) is 11.7 Å². The fourth-order valence-corrected chi connectivity index (χ4v) is 4.31. The lowest BCUT2D eigenvalue weighted by Crippen LogP contribution is -2.29. The zero-order valence-electron chi connectivity index (χ0n) is 18.6. The van der Waals surface area contributed by atoms with Crippen LogP contribution in [-0.4, -0.2) is 23.4 Å². The molecule has 6 nitrogen and oxygen atoms in total. The summed E-state index contributed by atoms with van der Waals surface area (Å²) in [5.41, 5.74) is 1.75. The summed E-state index contributed by atoms with van der Waals surface area (Å²) in [6.45, 7) is 6.26. The Morgan fingerprint density at radius 1 is 1.12 bits per heavy atom.